The van der Waals surface area contributed by atoms with Crippen LogP contribution < -0.4 is 11.4 Å². The molecule has 1 aromatic heterocycles. The number of rotatable bonds is 2. The van der Waals surface area contributed by atoms with Crippen molar-refractivity contribution < 1.29 is 14.9 Å². The molecule has 4 atom stereocenters. The zero-order chi connectivity index (χ0) is 12.6. The molecule has 0 bridgehead atoms. The number of halogens is 1. The van der Waals surface area contributed by atoms with Crippen LogP contribution in [0.2, 0.25) is 0 Å². The summed E-state index contributed by atoms with van der Waals surface area (Å²) in [6, 6.07) is 1.48. The summed E-state index contributed by atoms with van der Waals surface area (Å²) >= 11 is 1.98. The number of aliphatic hydroxyl groups excluding tert-OH is 2. The van der Waals surface area contributed by atoms with Gasteiger partial charge in [0, 0.05) is 6.20 Å². The number of aliphatic hydroxyl groups is 2. The number of nitrogen functional groups attached to an aromatic ring is 1. The van der Waals surface area contributed by atoms with Crippen LogP contribution >= 0.6 is 22.6 Å². The zero-order valence-corrected chi connectivity index (χ0v) is 10.9. The van der Waals surface area contributed by atoms with E-state index in [2.05, 4.69) is 4.98 Å². The minimum atomic E-state index is -0.824. The first kappa shape index (κ1) is 12.7. The molecular weight excluding hydrogens is 341 g/mol. The Labute approximate surface area is 110 Å². The van der Waals surface area contributed by atoms with Crippen LogP contribution in [0.4, 0.5) is 5.82 Å². The number of hydrogen-bond acceptors (Lipinski definition) is 6. The van der Waals surface area contributed by atoms with E-state index in [0.29, 0.717) is 0 Å². The maximum Gasteiger partial charge on any atom is 0.351 e. The lowest BCUT2D eigenvalue weighted by Crippen LogP contribution is -2.32. The van der Waals surface area contributed by atoms with Crippen molar-refractivity contribution in [3.63, 3.8) is 0 Å². The molecule has 1 fully saturated rings. The summed E-state index contributed by atoms with van der Waals surface area (Å²) in [5.41, 5.74) is 4.85. The van der Waals surface area contributed by atoms with Crippen LogP contribution in [0.5, 0.6) is 0 Å². The van der Waals surface area contributed by atoms with Gasteiger partial charge in [0.1, 0.15) is 11.9 Å². The van der Waals surface area contributed by atoms with Gasteiger partial charge in [0.2, 0.25) is 0 Å². The molecule has 7 nitrogen and oxygen atoms in total. The lowest BCUT2D eigenvalue weighted by atomic mass is 10.2. The van der Waals surface area contributed by atoms with E-state index in [9.17, 15) is 9.90 Å². The number of alkyl halides is 1. The second-order valence-corrected chi connectivity index (χ2v) is 5.16. The summed E-state index contributed by atoms with van der Waals surface area (Å²) in [4.78, 5) is 15.2. The first-order valence-electron chi connectivity index (χ1n) is 4.97. The lowest BCUT2D eigenvalue weighted by Gasteiger charge is -2.16. The minimum Gasteiger partial charge on any atom is -0.394 e. The Balaban J connectivity index is 2.32. The van der Waals surface area contributed by atoms with Crippen molar-refractivity contribution in [2.24, 2.45) is 0 Å². The molecule has 17 heavy (non-hydrogen) atoms. The Morgan fingerprint density at radius 3 is 2.88 bits per heavy atom. The third-order valence-corrected chi connectivity index (χ3v) is 3.95. The molecule has 0 aliphatic carbocycles. The highest BCUT2D eigenvalue weighted by molar-refractivity contribution is 14.1. The summed E-state index contributed by atoms with van der Waals surface area (Å²) in [6.07, 6.45) is -0.697. The standard InChI is InChI=1S/C9H12IN3O4/c10-6-7(15)4(3-14)17-8(6)13-2-1-5(11)12-9(13)16/h1-2,4,6-8,14-15H,3H2,(H2,11,12,16)/t4-,6-,7-,8-/m1/s1. The molecule has 1 aliphatic heterocycles. The van der Waals surface area contributed by atoms with Gasteiger partial charge < -0.3 is 20.7 Å². The third kappa shape index (κ3) is 2.30. The van der Waals surface area contributed by atoms with E-state index in [0.717, 1.165) is 0 Å². The highest BCUT2D eigenvalue weighted by Gasteiger charge is 2.43. The van der Waals surface area contributed by atoms with E-state index in [4.69, 9.17) is 15.6 Å². The number of nitrogens with two attached hydrogens (primary N) is 1. The molecule has 1 saturated heterocycles. The highest BCUT2D eigenvalue weighted by atomic mass is 127. The first-order chi connectivity index (χ1) is 8.04. The highest BCUT2D eigenvalue weighted by Crippen LogP contribution is 2.33. The Kier molecular flexibility index (Phi) is 3.66. The van der Waals surface area contributed by atoms with Gasteiger partial charge in [0.25, 0.3) is 0 Å². The van der Waals surface area contributed by atoms with Gasteiger partial charge in [-0.25, -0.2) is 4.79 Å². The van der Waals surface area contributed by atoms with Gasteiger partial charge in [-0.05, 0) is 6.07 Å². The second-order valence-electron chi connectivity index (χ2n) is 3.72. The monoisotopic (exact) mass is 353 g/mol. The number of nitrogens with zero attached hydrogens (tertiary/aromatic N) is 2. The maximum absolute atomic E-state index is 11.6. The molecule has 0 radical (unpaired) electrons. The van der Waals surface area contributed by atoms with Crippen LogP contribution in [0.15, 0.2) is 17.1 Å². The molecule has 0 aromatic carbocycles. The zero-order valence-electron chi connectivity index (χ0n) is 8.73. The van der Waals surface area contributed by atoms with E-state index < -0.39 is 24.1 Å². The van der Waals surface area contributed by atoms with E-state index >= 15 is 0 Å². The molecule has 4 N–H and O–H groups in total. The smallest absolute Gasteiger partial charge is 0.351 e. The number of hydrogen-bond donors (Lipinski definition) is 3. The molecule has 1 aromatic rings. The average Bonchev–Trinajstić information content (AvgIpc) is 2.57. The molecule has 0 spiro atoms. The summed E-state index contributed by atoms with van der Waals surface area (Å²) < 4.78 is 6.33. The predicted octanol–water partition coefficient (Wildman–Crippen LogP) is -1.12. The molecule has 8 heteroatoms. The average molecular weight is 353 g/mol. The van der Waals surface area contributed by atoms with E-state index in [-0.39, 0.29) is 16.3 Å². The minimum absolute atomic E-state index is 0.133. The normalized spacial score (nSPS) is 32.9. The molecule has 1 aliphatic rings. The van der Waals surface area contributed by atoms with Gasteiger partial charge >= 0.3 is 5.69 Å². The molecule has 94 valence electrons. The van der Waals surface area contributed by atoms with Crippen LogP contribution in [0.1, 0.15) is 6.23 Å². The lowest BCUT2D eigenvalue weighted by molar-refractivity contribution is -0.0455. The van der Waals surface area contributed by atoms with Gasteiger partial charge in [-0.15, -0.1) is 0 Å². The quantitative estimate of drug-likeness (QED) is 0.459. The number of ether oxygens (including phenoxy) is 1. The second kappa shape index (κ2) is 4.88. The summed E-state index contributed by atoms with van der Waals surface area (Å²) in [7, 11) is 0. The Hall–Kier alpha value is -0.710. The van der Waals surface area contributed by atoms with Gasteiger partial charge in [-0.3, -0.25) is 4.57 Å². The first-order valence-corrected chi connectivity index (χ1v) is 6.22. The van der Waals surface area contributed by atoms with Crippen molar-refractivity contribution in [1.82, 2.24) is 9.55 Å². The van der Waals surface area contributed by atoms with Crippen LogP contribution in [-0.4, -0.2) is 42.5 Å². The van der Waals surface area contributed by atoms with E-state index in [1.54, 1.807) is 0 Å². The topological polar surface area (TPSA) is 111 Å². The fourth-order valence-corrected chi connectivity index (χ4v) is 2.68. The maximum atomic E-state index is 11.6. The largest absolute Gasteiger partial charge is 0.394 e. The fraction of sp³-hybridized carbons (Fsp3) is 0.556. The van der Waals surface area contributed by atoms with Crippen LogP contribution in [0.25, 0.3) is 0 Å². The summed E-state index contributed by atoms with van der Waals surface area (Å²) in [5.74, 6) is 0.133. The molecule has 0 unspecified atom stereocenters. The van der Waals surface area contributed by atoms with Gasteiger partial charge in [-0.2, -0.15) is 4.98 Å². The van der Waals surface area contributed by atoms with Crippen LogP contribution in [-0.2, 0) is 4.74 Å². The van der Waals surface area contributed by atoms with Crippen LogP contribution in [0.3, 0.4) is 0 Å². The van der Waals surface area contributed by atoms with Crippen molar-refractivity contribution in [3.05, 3.63) is 22.7 Å². The third-order valence-electron chi connectivity index (χ3n) is 2.60. The van der Waals surface area contributed by atoms with Crippen molar-refractivity contribution in [2.75, 3.05) is 12.3 Å². The van der Waals surface area contributed by atoms with Crippen molar-refractivity contribution >= 4 is 28.4 Å². The van der Waals surface area contributed by atoms with Crippen molar-refractivity contribution in [3.8, 4) is 0 Å². The molecule has 0 saturated carbocycles. The van der Waals surface area contributed by atoms with Crippen LogP contribution in [0, 0.1) is 0 Å². The molecule has 0 amide bonds. The Morgan fingerprint density at radius 1 is 1.65 bits per heavy atom. The SMILES string of the molecule is Nc1ccn([C@@H]2O[C@H](CO)[C@@H](O)[C@H]2I)c(=O)n1. The van der Waals surface area contributed by atoms with E-state index in [1.165, 1.54) is 16.8 Å². The van der Waals surface area contributed by atoms with Crippen molar-refractivity contribution in [1.29, 1.82) is 0 Å². The molecule has 2 heterocycles. The summed E-state index contributed by atoms with van der Waals surface area (Å²) in [5, 5.41) is 18.8. The van der Waals surface area contributed by atoms with E-state index in [1.807, 2.05) is 22.6 Å². The fourth-order valence-electron chi connectivity index (χ4n) is 1.70. The van der Waals surface area contributed by atoms with Crippen molar-refractivity contribution in [2.45, 2.75) is 22.4 Å². The Morgan fingerprint density at radius 2 is 2.35 bits per heavy atom. The van der Waals surface area contributed by atoms with Gasteiger partial charge in [-0.1, -0.05) is 22.6 Å². The van der Waals surface area contributed by atoms with Gasteiger partial charge in [0.15, 0.2) is 6.23 Å². The molecular formula is C9H12IN3O4. The number of aromatic nitrogens is 2. The Bertz CT molecular complexity index is 466. The molecule has 2 rings (SSSR count). The van der Waals surface area contributed by atoms with Gasteiger partial charge in [0.05, 0.1) is 16.6 Å². The number of anilines is 1. The summed E-state index contributed by atoms with van der Waals surface area (Å²) in [6.45, 7) is -0.297. The predicted molar refractivity (Wildman–Crippen MR) is 67.7 cm³/mol.